The van der Waals surface area contributed by atoms with Gasteiger partial charge in [-0.3, -0.25) is 4.79 Å². The molecule has 4 heteroatoms. The van der Waals surface area contributed by atoms with E-state index in [4.69, 9.17) is 0 Å². The number of hydrogen-bond acceptors (Lipinski definition) is 3. The highest BCUT2D eigenvalue weighted by Gasteiger charge is 2.28. The van der Waals surface area contributed by atoms with Crippen molar-refractivity contribution in [2.45, 2.75) is 38.3 Å². The fourth-order valence-electron chi connectivity index (χ4n) is 3.24. The quantitative estimate of drug-likeness (QED) is 0.876. The fraction of sp³-hybridized carbons (Fsp3) is 0.562. The summed E-state index contributed by atoms with van der Waals surface area (Å²) in [6.07, 6.45) is 3.15. The van der Waals surface area contributed by atoms with Crippen molar-refractivity contribution < 1.29 is 4.79 Å². The van der Waals surface area contributed by atoms with Crippen LogP contribution in [0.3, 0.4) is 0 Å². The van der Waals surface area contributed by atoms with Crippen LogP contribution in [0.2, 0.25) is 0 Å². The van der Waals surface area contributed by atoms with Crippen molar-refractivity contribution in [1.29, 1.82) is 0 Å². The Balaban J connectivity index is 1.54. The van der Waals surface area contributed by atoms with Crippen molar-refractivity contribution in [1.82, 2.24) is 10.6 Å². The molecule has 0 spiro atoms. The average molecular weight is 273 g/mol. The Kier molecular flexibility index (Phi) is 3.92. The van der Waals surface area contributed by atoms with Gasteiger partial charge in [0.25, 0.3) is 0 Å². The molecule has 1 atom stereocenters. The summed E-state index contributed by atoms with van der Waals surface area (Å²) in [6.45, 7) is 5.12. The number of benzene rings is 1. The Morgan fingerprint density at radius 3 is 2.60 bits per heavy atom. The Morgan fingerprint density at radius 1 is 1.20 bits per heavy atom. The number of carbonyl (C=O) groups is 1. The van der Waals surface area contributed by atoms with Crippen LogP contribution in [-0.2, 0) is 4.79 Å². The molecule has 2 heterocycles. The molecule has 2 saturated heterocycles. The van der Waals surface area contributed by atoms with Gasteiger partial charge in [0, 0.05) is 31.4 Å². The van der Waals surface area contributed by atoms with Crippen molar-refractivity contribution in [2.75, 3.05) is 24.5 Å². The molecule has 1 aromatic carbocycles. The topological polar surface area (TPSA) is 44.4 Å². The van der Waals surface area contributed by atoms with Crippen molar-refractivity contribution in [2.24, 2.45) is 0 Å². The van der Waals surface area contributed by atoms with Crippen LogP contribution >= 0.6 is 0 Å². The standard InChI is InChI=1S/C16H23N3O/c1-12-4-2-3-5-15(12)19-10-7-13(8-11-19)18-14-6-9-17-16(14)20/h2-5,13-14,18H,6-11H2,1H3,(H,17,20)/t14-/m0/s1. The minimum atomic E-state index is 0.0324. The first kappa shape index (κ1) is 13.4. The van der Waals surface area contributed by atoms with E-state index in [0.29, 0.717) is 6.04 Å². The highest BCUT2D eigenvalue weighted by Crippen LogP contribution is 2.23. The van der Waals surface area contributed by atoms with Crippen LogP contribution in [0.4, 0.5) is 5.69 Å². The molecular weight excluding hydrogens is 250 g/mol. The number of carbonyl (C=O) groups excluding carboxylic acids is 1. The second-order valence-electron chi connectivity index (χ2n) is 5.85. The van der Waals surface area contributed by atoms with E-state index in [1.54, 1.807) is 0 Å². The van der Waals surface area contributed by atoms with E-state index in [2.05, 4.69) is 46.7 Å². The molecule has 0 unspecified atom stereocenters. The minimum absolute atomic E-state index is 0.0324. The van der Waals surface area contributed by atoms with Gasteiger partial charge < -0.3 is 15.5 Å². The van der Waals surface area contributed by atoms with E-state index in [9.17, 15) is 4.79 Å². The molecule has 2 aliphatic heterocycles. The van der Waals surface area contributed by atoms with Gasteiger partial charge in [0.1, 0.15) is 0 Å². The Hall–Kier alpha value is -1.55. The predicted octanol–water partition coefficient (Wildman–Crippen LogP) is 1.44. The molecule has 0 saturated carbocycles. The zero-order valence-electron chi connectivity index (χ0n) is 12.1. The van der Waals surface area contributed by atoms with Gasteiger partial charge in [-0.1, -0.05) is 18.2 Å². The number of nitrogens with zero attached hydrogens (tertiary/aromatic N) is 1. The first-order valence-corrected chi connectivity index (χ1v) is 7.58. The summed E-state index contributed by atoms with van der Waals surface area (Å²) in [7, 11) is 0. The van der Waals surface area contributed by atoms with Gasteiger partial charge >= 0.3 is 0 Å². The second-order valence-corrected chi connectivity index (χ2v) is 5.85. The first-order valence-electron chi connectivity index (χ1n) is 7.58. The van der Waals surface area contributed by atoms with Crippen LogP contribution in [0.25, 0.3) is 0 Å². The molecule has 0 radical (unpaired) electrons. The highest BCUT2D eigenvalue weighted by molar-refractivity contribution is 5.83. The van der Waals surface area contributed by atoms with Gasteiger partial charge in [-0.25, -0.2) is 0 Å². The van der Waals surface area contributed by atoms with E-state index in [0.717, 1.165) is 38.9 Å². The number of nitrogens with one attached hydrogen (secondary N) is 2. The number of para-hydroxylation sites is 1. The Labute approximate surface area is 120 Å². The van der Waals surface area contributed by atoms with Crippen molar-refractivity contribution in [3.63, 3.8) is 0 Å². The van der Waals surface area contributed by atoms with Crippen LogP contribution in [-0.4, -0.2) is 37.6 Å². The van der Waals surface area contributed by atoms with Crippen molar-refractivity contribution in [3.8, 4) is 0 Å². The number of aryl methyl sites for hydroxylation is 1. The molecule has 20 heavy (non-hydrogen) atoms. The maximum absolute atomic E-state index is 11.6. The molecule has 0 bridgehead atoms. The summed E-state index contributed by atoms with van der Waals surface area (Å²) < 4.78 is 0. The van der Waals surface area contributed by atoms with E-state index in [1.165, 1.54) is 11.3 Å². The molecule has 108 valence electrons. The fourth-order valence-corrected chi connectivity index (χ4v) is 3.24. The molecule has 0 aliphatic carbocycles. The van der Waals surface area contributed by atoms with E-state index in [-0.39, 0.29) is 11.9 Å². The molecule has 2 N–H and O–H groups in total. The molecule has 3 rings (SSSR count). The third-order valence-electron chi connectivity index (χ3n) is 4.44. The van der Waals surface area contributed by atoms with Crippen LogP contribution in [0, 0.1) is 6.92 Å². The SMILES string of the molecule is Cc1ccccc1N1CCC(N[C@H]2CCNC2=O)CC1. The zero-order chi connectivity index (χ0) is 13.9. The lowest BCUT2D eigenvalue weighted by atomic mass is 10.0. The van der Waals surface area contributed by atoms with Gasteiger partial charge in [-0.2, -0.15) is 0 Å². The number of piperidine rings is 1. The first-order chi connectivity index (χ1) is 9.74. The van der Waals surface area contributed by atoms with Crippen molar-refractivity contribution >= 4 is 11.6 Å². The second kappa shape index (κ2) is 5.83. The van der Waals surface area contributed by atoms with Crippen molar-refractivity contribution in [3.05, 3.63) is 29.8 Å². The van der Waals surface area contributed by atoms with E-state index < -0.39 is 0 Å². The minimum Gasteiger partial charge on any atom is -0.371 e. The normalized spacial score (nSPS) is 23.9. The summed E-state index contributed by atoms with van der Waals surface area (Å²) in [4.78, 5) is 14.1. The van der Waals surface area contributed by atoms with Gasteiger partial charge in [-0.15, -0.1) is 0 Å². The highest BCUT2D eigenvalue weighted by atomic mass is 16.2. The molecule has 1 amide bonds. The predicted molar refractivity (Wildman–Crippen MR) is 81.0 cm³/mol. The number of rotatable bonds is 3. The average Bonchev–Trinajstić information content (AvgIpc) is 2.86. The lowest BCUT2D eigenvalue weighted by Crippen LogP contribution is -2.48. The molecule has 2 aliphatic rings. The van der Waals surface area contributed by atoms with Gasteiger partial charge in [0.05, 0.1) is 6.04 Å². The number of amides is 1. The largest absolute Gasteiger partial charge is 0.371 e. The third kappa shape index (κ3) is 2.80. The molecule has 2 fully saturated rings. The monoisotopic (exact) mass is 273 g/mol. The molecule has 1 aromatic rings. The molecule has 0 aromatic heterocycles. The Morgan fingerprint density at radius 2 is 1.95 bits per heavy atom. The van der Waals surface area contributed by atoms with Gasteiger partial charge in [0.15, 0.2) is 0 Å². The van der Waals surface area contributed by atoms with Crippen LogP contribution in [0.5, 0.6) is 0 Å². The summed E-state index contributed by atoms with van der Waals surface area (Å²) >= 11 is 0. The smallest absolute Gasteiger partial charge is 0.237 e. The van der Waals surface area contributed by atoms with E-state index >= 15 is 0 Å². The number of hydrogen-bond donors (Lipinski definition) is 2. The summed E-state index contributed by atoms with van der Waals surface area (Å²) in [5.41, 5.74) is 2.69. The van der Waals surface area contributed by atoms with Crippen LogP contribution in [0.15, 0.2) is 24.3 Å². The van der Waals surface area contributed by atoms with E-state index in [1.807, 2.05) is 0 Å². The lowest BCUT2D eigenvalue weighted by Gasteiger charge is -2.35. The summed E-state index contributed by atoms with van der Waals surface area (Å²) in [5.74, 6) is 0.173. The maximum atomic E-state index is 11.6. The number of anilines is 1. The summed E-state index contributed by atoms with van der Waals surface area (Å²) in [5, 5.41) is 6.40. The lowest BCUT2D eigenvalue weighted by molar-refractivity contribution is -0.121. The molecule has 4 nitrogen and oxygen atoms in total. The Bertz CT molecular complexity index is 480. The van der Waals surface area contributed by atoms with Gasteiger partial charge in [0.2, 0.25) is 5.91 Å². The zero-order valence-corrected chi connectivity index (χ0v) is 12.1. The van der Waals surface area contributed by atoms with Crippen LogP contribution < -0.4 is 15.5 Å². The van der Waals surface area contributed by atoms with Gasteiger partial charge in [-0.05, 0) is 37.8 Å². The van der Waals surface area contributed by atoms with Crippen LogP contribution in [0.1, 0.15) is 24.8 Å². The molecular formula is C16H23N3O. The summed E-state index contributed by atoms with van der Waals surface area (Å²) in [6, 6.07) is 9.08. The maximum Gasteiger partial charge on any atom is 0.237 e. The third-order valence-corrected chi connectivity index (χ3v) is 4.44.